The van der Waals surface area contributed by atoms with E-state index in [1.165, 1.54) is 23.5 Å². The van der Waals surface area contributed by atoms with Crippen LogP contribution in [0.1, 0.15) is 40.0 Å². The number of thiophene rings is 1. The van der Waals surface area contributed by atoms with Crippen molar-refractivity contribution in [3.05, 3.63) is 58.0 Å². The number of benzene rings is 1. The van der Waals surface area contributed by atoms with Crippen molar-refractivity contribution in [2.75, 3.05) is 32.7 Å². The lowest BCUT2D eigenvalue weighted by Crippen LogP contribution is -2.37. The summed E-state index contributed by atoms with van der Waals surface area (Å²) in [7, 11) is 0. The zero-order valence-electron chi connectivity index (χ0n) is 16.1. The van der Waals surface area contributed by atoms with Gasteiger partial charge in [0.05, 0.1) is 5.56 Å². The third-order valence-corrected chi connectivity index (χ3v) is 5.56. The molecular formula is C21H24FN3O3S. The molecule has 0 unspecified atom stereocenters. The lowest BCUT2D eigenvalue weighted by molar-refractivity contribution is -0.131. The highest BCUT2D eigenvalue weighted by atomic mass is 32.1. The summed E-state index contributed by atoms with van der Waals surface area (Å²) in [5.74, 6) is -0.988. The second-order valence-electron chi connectivity index (χ2n) is 6.88. The Morgan fingerprint density at radius 1 is 1.03 bits per heavy atom. The van der Waals surface area contributed by atoms with E-state index in [2.05, 4.69) is 5.32 Å². The summed E-state index contributed by atoms with van der Waals surface area (Å²) in [6, 6.07) is 7.71. The molecule has 0 radical (unpaired) electrons. The first kappa shape index (κ1) is 21.0. The van der Waals surface area contributed by atoms with Crippen LogP contribution in [0.15, 0.2) is 41.1 Å². The Kier molecular flexibility index (Phi) is 7.35. The van der Waals surface area contributed by atoms with Crippen LogP contribution in [0.4, 0.5) is 4.39 Å². The van der Waals surface area contributed by atoms with Gasteiger partial charge in [0.1, 0.15) is 5.82 Å². The second-order valence-corrected chi connectivity index (χ2v) is 7.66. The van der Waals surface area contributed by atoms with Gasteiger partial charge in [0, 0.05) is 50.1 Å². The van der Waals surface area contributed by atoms with Crippen LogP contribution in [0, 0.1) is 5.82 Å². The van der Waals surface area contributed by atoms with Crippen LogP contribution in [-0.2, 0) is 4.79 Å². The average molecular weight is 418 g/mol. The maximum atomic E-state index is 13.9. The second kappa shape index (κ2) is 10.2. The molecule has 2 heterocycles. The first-order chi connectivity index (χ1) is 14.1. The van der Waals surface area contributed by atoms with Gasteiger partial charge < -0.3 is 15.1 Å². The zero-order chi connectivity index (χ0) is 20.6. The Balaban J connectivity index is 1.43. The van der Waals surface area contributed by atoms with E-state index in [0.717, 1.165) is 0 Å². The van der Waals surface area contributed by atoms with E-state index in [9.17, 15) is 18.8 Å². The normalized spacial score (nSPS) is 14.4. The van der Waals surface area contributed by atoms with Gasteiger partial charge in [-0.2, -0.15) is 11.3 Å². The number of rotatable bonds is 6. The van der Waals surface area contributed by atoms with Crippen molar-refractivity contribution < 1.29 is 18.8 Å². The molecule has 3 amide bonds. The topological polar surface area (TPSA) is 69.7 Å². The molecule has 0 saturated carbocycles. The molecule has 6 nitrogen and oxygen atoms in total. The molecule has 1 saturated heterocycles. The Morgan fingerprint density at radius 3 is 2.55 bits per heavy atom. The SMILES string of the molecule is O=C(NCCCC(=O)N1CCCN(C(=O)c2ccccc2F)CC1)c1ccsc1. The highest BCUT2D eigenvalue weighted by Crippen LogP contribution is 2.13. The van der Waals surface area contributed by atoms with Crippen LogP contribution in [0.3, 0.4) is 0 Å². The number of carbonyl (C=O) groups excluding carboxylic acids is 3. The molecule has 0 aliphatic carbocycles. The van der Waals surface area contributed by atoms with Gasteiger partial charge >= 0.3 is 0 Å². The van der Waals surface area contributed by atoms with Gasteiger partial charge in [0.25, 0.3) is 11.8 Å². The summed E-state index contributed by atoms with van der Waals surface area (Å²) >= 11 is 1.46. The lowest BCUT2D eigenvalue weighted by Gasteiger charge is -2.22. The lowest BCUT2D eigenvalue weighted by atomic mass is 10.2. The molecule has 8 heteroatoms. The first-order valence-corrected chi connectivity index (χ1v) is 10.6. The van der Waals surface area contributed by atoms with Crippen LogP contribution >= 0.6 is 11.3 Å². The number of hydrogen-bond acceptors (Lipinski definition) is 4. The smallest absolute Gasteiger partial charge is 0.256 e. The molecule has 154 valence electrons. The summed E-state index contributed by atoms with van der Waals surface area (Å²) in [6.07, 6.45) is 1.55. The van der Waals surface area contributed by atoms with E-state index in [-0.39, 0.29) is 23.3 Å². The van der Waals surface area contributed by atoms with Crippen molar-refractivity contribution in [2.45, 2.75) is 19.3 Å². The van der Waals surface area contributed by atoms with Crippen LogP contribution in [0.5, 0.6) is 0 Å². The first-order valence-electron chi connectivity index (χ1n) is 9.68. The molecular weight excluding hydrogens is 393 g/mol. The maximum absolute atomic E-state index is 13.9. The Labute approximate surface area is 173 Å². The molecule has 3 rings (SSSR count). The van der Waals surface area contributed by atoms with Gasteiger partial charge in [-0.1, -0.05) is 12.1 Å². The number of carbonyl (C=O) groups is 3. The molecule has 1 N–H and O–H groups in total. The van der Waals surface area contributed by atoms with E-state index in [0.29, 0.717) is 57.5 Å². The molecule has 0 atom stereocenters. The van der Waals surface area contributed by atoms with Crippen molar-refractivity contribution >= 4 is 29.1 Å². The summed E-state index contributed by atoms with van der Waals surface area (Å²) in [5, 5.41) is 6.44. The van der Waals surface area contributed by atoms with Gasteiger partial charge in [-0.25, -0.2) is 4.39 Å². The van der Waals surface area contributed by atoms with Gasteiger partial charge in [-0.3, -0.25) is 14.4 Å². The largest absolute Gasteiger partial charge is 0.352 e. The van der Waals surface area contributed by atoms with E-state index in [1.807, 2.05) is 5.38 Å². The summed E-state index contributed by atoms with van der Waals surface area (Å²) in [6.45, 7) is 2.31. The van der Waals surface area contributed by atoms with Crippen molar-refractivity contribution in [1.29, 1.82) is 0 Å². The average Bonchev–Trinajstić information content (AvgIpc) is 3.15. The molecule has 1 aromatic heterocycles. The van der Waals surface area contributed by atoms with E-state index in [1.54, 1.807) is 33.4 Å². The third kappa shape index (κ3) is 5.63. The highest BCUT2D eigenvalue weighted by molar-refractivity contribution is 7.08. The molecule has 1 aliphatic rings. The number of nitrogens with zero attached hydrogens (tertiary/aromatic N) is 2. The monoisotopic (exact) mass is 417 g/mol. The van der Waals surface area contributed by atoms with Crippen molar-refractivity contribution in [2.24, 2.45) is 0 Å². The maximum Gasteiger partial charge on any atom is 0.256 e. The summed E-state index contributed by atoms with van der Waals surface area (Å²) < 4.78 is 13.9. The number of halogens is 1. The van der Waals surface area contributed by atoms with Gasteiger partial charge in [0.2, 0.25) is 5.91 Å². The zero-order valence-corrected chi connectivity index (χ0v) is 16.9. The number of amides is 3. The summed E-state index contributed by atoms with van der Waals surface area (Å²) in [5.41, 5.74) is 0.696. The van der Waals surface area contributed by atoms with Gasteiger partial charge in [-0.05, 0) is 36.4 Å². The molecule has 0 bridgehead atoms. The van der Waals surface area contributed by atoms with Crippen LogP contribution in [0.25, 0.3) is 0 Å². The van der Waals surface area contributed by atoms with Gasteiger partial charge in [-0.15, -0.1) is 0 Å². The van der Waals surface area contributed by atoms with Crippen molar-refractivity contribution in [3.63, 3.8) is 0 Å². The quantitative estimate of drug-likeness (QED) is 0.735. The molecule has 29 heavy (non-hydrogen) atoms. The fourth-order valence-corrected chi connectivity index (χ4v) is 3.91. The van der Waals surface area contributed by atoms with E-state index < -0.39 is 5.82 Å². The highest BCUT2D eigenvalue weighted by Gasteiger charge is 2.24. The van der Waals surface area contributed by atoms with Crippen molar-refractivity contribution in [1.82, 2.24) is 15.1 Å². The molecule has 1 aromatic carbocycles. The van der Waals surface area contributed by atoms with Crippen molar-refractivity contribution in [3.8, 4) is 0 Å². The van der Waals surface area contributed by atoms with E-state index in [4.69, 9.17) is 0 Å². The van der Waals surface area contributed by atoms with Gasteiger partial charge in [0.15, 0.2) is 0 Å². The minimum atomic E-state index is -0.529. The minimum absolute atomic E-state index is 0.00923. The Bertz CT molecular complexity index is 857. The number of hydrogen-bond donors (Lipinski definition) is 1. The molecule has 1 fully saturated rings. The predicted molar refractivity (Wildman–Crippen MR) is 109 cm³/mol. The standard InChI is InChI=1S/C21H24FN3O3S/c22-18-6-2-1-5-17(18)21(28)25-11-4-10-24(12-13-25)19(26)7-3-9-23-20(27)16-8-14-29-15-16/h1-2,5-6,8,14-15H,3-4,7,9-13H2,(H,23,27). The summed E-state index contributed by atoms with van der Waals surface area (Å²) in [4.78, 5) is 40.3. The van der Waals surface area contributed by atoms with Crippen LogP contribution < -0.4 is 5.32 Å². The minimum Gasteiger partial charge on any atom is -0.352 e. The predicted octanol–water partition coefficient (Wildman–Crippen LogP) is 2.77. The third-order valence-electron chi connectivity index (χ3n) is 4.88. The van der Waals surface area contributed by atoms with Crippen LogP contribution in [-0.4, -0.2) is 60.2 Å². The molecule has 2 aromatic rings. The fraction of sp³-hybridized carbons (Fsp3) is 0.381. The molecule has 1 aliphatic heterocycles. The fourth-order valence-electron chi connectivity index (χ4n) is 3.27. The Morgan fingerprint density at radius 2 is 1.79 bits per heavy atom. The van der Waals surface area contributed by atoms with E-state index >= 15 is 0 Å². The Hall–Kier alpha value is -2.74. The van der Waals surface area contributed by atoms with Crippen LogP contribution in [0.2, 0.25) is 0 Å². The number of nitrogens with one attached hydrogen (secondary N) is 1. The molecule has 0 spiro atoms.